The minimum Gasteiger partial charge on any atom is -0.468 e. The summed E-state index contributed by atoms with van der Waals surface area (Å²) < 4.78 is 4.90. The molecule has 0 spiro atoms. The smallest absolute Gasteiger partial charge is 0.323 e. The largest absolute Gasteiger partial charge is 0.468 e. The first-order chi connectivity index (χ1) is 7.69. The first-order valence-corrected chi connectivity index (χ1v) is 6.50. The normalized spacial score (nSPS) is 27.4. The molecule has 0 saturated heterocycles. The van der Waals surface area contributed by atoms with Crippen molar-refractivity contribution in [2.45, 2.75) is 52.0 Å². The summed E-state index contributed by atoms with van der Waals surface area (Å²) >= 11 is 0. The zero-order valence-electron chi connectivity index (χ0n) is 10.8. The number of esters is 1. The molecule has 0 aromatic heterocycles. The maximum Gasteiger partial charge on any atom is 0.323 e. The van der Waals surface area contributed by atoms with Crippen LogP contribution in [0.15, 0.2) is 0 Å². The van der Waals surface area contributed by atoms with E-state index in [-0.39, 0.29) is 12.0 Å². The Balaban J connectivity index is 2.55. The molecule has 0 bridgehead atoms. The molecule has 0 aromatic rings. The molecule has 0 heterocycles. The Morgan fingerprint density at radius 3 is 2.81 bits per heavy atom. The number of rotatable bonds is 5. The van der Waals surface area contributed by atoms with Gasteiger partial charge in [0.1, 0.15) is 6.04 Å². The van der Waals surface area contributed by atoms with Gasteiger partial charge in [-0.15, -0.1) is 0 Å². The number of ether oxygens (including phenoxy) is 1. The third-order valence-corrected chi connectivity index (χ3v) is 3.52. The predicted molar refractivity (Wildman–Crippen MR) is 65.2 cm³/mol. The summed E-state index contributed by atoms with van der Waals surface area (Å²) in [5, 5.41) is 3.34. The van der Waals surface area contributed by atoms with Crippen molar-refractivity contribution in [2.24, 2.45) is 11.8 Å². The van der Waals surface area contributed by atoms with Crippen molar-refractivity contribution in [3.8, 4) is 0 Å². The fourth-order valence-electron chi connectivity index (χ4n) is 2.65. The van der Waals surface area contributed by atoms with Crippen LogP contribution in [0.1, 0.15) is 46.0 Å². The molecule has 3 atom stereocenters. The van der Waals surface area contributed by atoms with Crippen molar-refractivity contribution >= 4 is 5.97 Å². The number of nitrogens with one attached hydrogen (secondary N) is 1. The van der Waals surface area contributed by atoms with Crippen LogP contribution in [0, 0.1) is 11.8 Å². The van der Waals surface area contributed by atoms with E-state index < -0.39 is 0 Å². The van der Waals surface area contributed by atoms with E-state index in [0.29, 0.717) is 5.92 Å². The van der Waals surface area contributed by atoms with E-state index in [9.17, 15) is 4.79 Å². The highest BCUT2D eigenvalue weighted by molar-refractivity contribution is 5.76. The van der Waals surface area contributed by atoms with Crippen molar-refractivity contribution in [1.82, 2.24) is 5.32 Å². The molecular weight excluding hydrogens is 202 g/mol. The lowest BCUT2D eigenvalue weighted by Gasteiger charge is -2.32. The molecule has 1 aliphatic carbocycles. The van der Waals surface area contributed by atoms with Gasteiger partial charge in [-0.2, -0.15) is 0 Å². The lowest BCUT2D eigenvalue weighted by Crippen LogP contribution is -2.45. The topological polar surface area (TPSA) is 38.3 Å². The molecule has 1 saturated carbocycles. The highest BCUT2D eigenvalue weighted by atomic mass is 16.5. The van der Waals surface area contributed by atoms with Crippen LogP contribution in [0.4, 0.5) is 0 Å². The molecule has 1 rings (SSSR count). The number of hydrogen-bond donors (Lipinski definition) is 1. The molecule has 3 nitrogen and oxygen atoms in total. The van der Waals surface area contributed by atoms with E-state index in [1.807, 2.05) is 0 Å². The molecular formula is C13H25NO2. The Hall–Kier alpha value is -0.570. The van der Waals surface area contributed by atoms with Crippen molar-refractivity contribution in [1.29, 1.82) is 0 Å². The summed E-state index contributed by atoms with van der Waals surface area (Å²) in [6.45, 7) is 5.29. The molecule has 3 unspecified atom stereocenters. The minimum absolute atomic E-state index is 0.0901. The van der Waals surface area contributed by atoms with Crippen LogP contribution in [-0.2, 0) is 9.53 Å². The molecule has 94 valence electrons. The molecule has 0 amide bonds. The third-order valence-electron chi connectivity index (χ3n) is 3.52. The average Bonchev–Trinajstić information content (AvgIpc) is 2.29. The molecule has 0 aromatic carbocycles. The summed E-state index contributed by atoms with van der Waals surface area (Å²) in [7, 11) is 1.48. The second-order valence-corrected chi connectivity index (χ2v) is 4.99. The van der Waals surface area contributed by atoms with E-state index in [1.165, 1.54) is 20.0 Å². The molecule has 0 radical (unpaired) electrons. The highest BCUT2D eigenvalue weighted by Crippen LogP contribution is 2.31. The van der Waals surface area contributed by atoms with Crippen LogP contribution in [0.25, 0.3) is 0 Å². The summed E-state index contributed by atoms with van der Waals surface area (Å²) in [4.78, 5) is 11.7. The van der Waals surface area contributed by atoms with Crippen LogP contribution in [-0.4, -0.2) is 25.7 Å². The molecule has 16 heavy (non-hydrogen) atoms. The maximum absolute atomic E-state index is 11.7. The molecule has 3 heteroatoms. The van der Waals surface area contributed by atoms with Gasteiger partial charge in [-0.05, 0) is 37.6 Å². The Morgan fingerprint density at radius 2 is 2.25 bits per heavy atom. The summed E-state index contributed by atoms with van der Waals surface area (Å²) in [5.74, 6) is 1.12. The quantitative estimate of drug-likeness (QED) is 0.733. The zero-order valence-corrected chi connectivity index (χ0v) is 10.8. The van der Waals surface area contributed by atoms with E-state index in [0.717, 1.165) is 31.7 Å². The first kappa shape index (κ1) is 13.5. The SMILES string of the molecule is CCCNC(C(=O)OC)C1CCCC(C)C1. The van der Waals surface area contributed by atoms with Gasteiger partial charge in [0, 0.05) is 0 Å². The second-order valence-electron chi connectivity index (χ2n) is 4.99. The number of carbonyl (C=O) groups excluding carboxylic acids is 1. The predicted octanol–water partition coefficient (Wildman–Crippen LogP) is 2.35. The Kier molecular flexibility index (Phi) is 5.81. The summed E-state index contributed by atoms with van der Waals surface area (Å²) in [6.07, 6.45) is 5.90. The maximum atomic E-state index is 11.7. The van der Waals surface area contributed by atoms with Gasteiger partial charge in [-0.1, -0.05) is 26.7 Å². The van der Waals surface area contributed by atoms with Crippen LogP contribution in [0.5, 0.6) is 0 Å². The van der Waals surface area contributed by atoms with Gasteiger partial charge < -0.3 is 10.1 Å². The van der Waals surface area contributed by atoms with Crippen LogP contribution in [0.3, 0.4) is 0 Å². The van der Waals surface area contributed by atoms with Crippen molar-refractivity contribution < 1.29 is 9.53 Å². The molecule has 0 aliphatic heterocycles. The van der Waals surface area contributed by atoms with Crippen LogP contribution in [0.2, 0.25) is 0 Å². The van der Waals surface area contributed by atoms with E-state index in [4.69, 9.17) is 4.74 Å². The molecule has 1 aliphatic rings. The Morgan fingerprint density at radius 1 is 1.50 bits per heavy atom. The minimum atomic E-state index is -0.0902. The monoisotopic (exact) mass is 227 g/mol. The number of hydrogen-bond acceptors (Lipinski definition) is 3. The van der Waals surface area contributed by atoms with Crippen molar-refractivity contribution in [3.63, 3.8) is 0 Å². The van der Waals surface area contributed by atoms with Gasteiger partial charge in [0.15, 0.2) is 0 Å². The summed E-state index contributed by atoms with van der Waals surface area (Å²) in [5.41, 5.74) is 0. The molecule has 1 fully saturated rings. The lowest BCUT2D eigenvalue weighted by molar-refractivity contribution is -0.145. The van der Waals surface area contributed by atoms with E-state index in [1.54, 1.807) is 0 Å². The summed E-state index contributed by atoms with van der Waals surface area (Å²) in [6, 6.07) is -0.0901. The van der Waals surface area contributed by atoms with Gasteiger partial charge >= 0.3 is 5.97 Å². The van der Waals surface area contributed by atoms with Crippen molar-refractivity contribution in [3.05, 3.63) is 0 Å². The van der Waals surface area contributed by atoms with Crippen molar-refractivity contribution in [2.75, 3.05) is 13.7 Å². The number of carbonyl (C=O) groups is 1. The van der Waals surface area contributed by atoms with Gasteiger partial charge in [0.2, 0.25) is 0 Å². The first-order valence-electron chi connectivity index (χ1n) is 6.50. The molecule has 1 N–H and O–H groups in total. The fraction of sp³-hybridized carbons (Fsp3) is 0.923. The van der Waals surface area contributed by atoms with Gasteiger partial charge in [0.05, 0.1) is 7.11 Å². The zero-order chi connectivity index (χ0) is 12.0. The van der Waals surface area contributed by atoms with E-state index >= 15 is 0 Å². The Bertz CT molecular complexity index is 218. The second kappa shape index (κ2) is 6.89. The van der Waals surface area contributed by atoms with Crippen LogP contribution >= 0.6 is 0 Å². The standard InChI is InChI=1S/C13H25NO2/c1-4-8-14-12(13(15)16-3)11-7-5-6-10(2)9-11/h10-12,14H,4-9H2,1-3H3. The van der Waals surface area contributed by atoms with Gasteiger partial charge in [0.25, 0.3) is 0 Å². The lowest BCUT2D eigenvalue weighted by atomic mass is 9.78. The Labute approximate surface area is 98.9 Å². The fourth-order valence-corrected chi connectivity index (χ4v) is 2.65. The average molecular weight is 227 g/mol. The van der Waals surface area contributed by atoms with Gasteiger partial charge in [-0.3, -0.25) is 4.79 Å². The number of methoxy groups -OCH3 is 1. The third kappa shape index (κ3) is 3.78. The highest BCUT2D eigenvalue weighted by Gasteiger charge is 2.31. The van der Waals surface area contributed by atoms with Gasteiger partial charge in [-0.25, -0.2) is 0 Å². The van der Waals surface area contributed by atoms with Crippen LogP contribution < -0.4 is 5.32 Å². The van der Waals surface area contributed by atoms with E-state index in [2.05, 4.69) is 19.2 Å².